The van der Waals surface area contributed by atoms with Crippen LogP contribution >= 0.6 is 0 Å². The van der Waals surface area contributed by atoms with Crippen molar-refractivity contribution in [2.75, 3.05) is 0 Å². The maximum Gasteiger partial charge on any atom is 0.338 e. The van der Waals surface area contributed by atoms with Crippen LogP contribution < -0.4 is 0 Å². The molecular formula is C41H54O4. The molecule has 4 heteroatoms. The molecule has 4 aliphatic carbocycles. The minimum atomic E-state index is -0.256. The molecule has 4 aliphatic rings. The molecule has 3 fully saturated rings. The number of esters is 2. The number of rotatable bonds is 9. The highest BCUT2D eigenvalue weighted by molar-refractivity contribution is 5.90. The molecule has 0 N–H and O–H groups in total. The molecule has 2 aromatic carbocycles. The molecule has 0 radical (unpaired) electrons. The summed E-state index contributed by atoms with van der Waals surface area (Å²) in [5.74, 6) is 3.07. The van der Waals surface area contributed by atoms with Crippen LogP contribution in [0.25, 0.3) is 0 Å². The molecule has 0 unspecified atom stereocenters. The van der Waals surface area contributed by atoms with Gasteiger partial charge >= 0.3 is 11.9 Å². The smallest absolute Gasteiger partial charge is 0.338 e. The molecule has 0 amide bonds. The summed E-state index contributed by atoms with van der Waals surface area (Å²) in [6, 6.07) is 18.8. The van der Waals surface area contributed by atoms with Crippen molar-refractivity contribution in [1.82, 2.24) is 0 Å². The zero-order valence-electron chi connectivity index (χ0n) is 28.2. The van der Waals surface area contributed by atoms with Gasteiger partial charge in [-0.15, -0.1) is 0 Å². The van der Waals surface area contributed by atoms with Gasteiger partial charge in [0, 0.05) is 12.3 Å². The topological polar surface area (TPSA) is 52.6 Å². The van der Waals surface area contributed by atoms with E-state index >= 15 is 0 Å². The van der Waals surface area contributed by atoms with Gasteiger partial charge in [0.2, 0.25) is 0 Å². The Balaban J connectivity index is 1.28. The van der Waals surface area contributed by atoms with E-state index in [4.69, 9.17) is 9.47 Å². The number of benzene rings is 2. The second-order valence-corrected chi connectivity index (χ2v) is 15.8. The van der Waals surface area contributed by atoms with Crippen LogP contribution in [-0.4, -0.2) is 24.1 Å². The molecule has 0 bridgehead atoms. The molecule has 9 atom stereocenters. The fourth-order valence-electron chi connectivity index (χ4n) is 10.4. The van der Waals surface area contributed by atoms with Crippen molar-refractivity contribution < 1.29 is 19.1 Å². The Hall–Kier alpha value is -2.88. The van der Waals surface area contributed by atoms with Gasteiger partial charge in [-0.1, -0.05) is 95.9 Å². The molecule has 6 rings (SSSR count). The second kappa shape index (κ2) is 13.1. The highest BCUT2D eigenvalue weighted by Crippen LogP contribution is 2.67. The first kappa shape index (κ1) is 32.1. The Labute approximate surface area is 271 Å². The number of hydrogen-bond acceptors (Lipinski definition) is 4. The van der Waals surface area contributed by atoms with Crippen molar-refractivity contribution in [3.8, 4) is 0 Å². The van der Waals surface area contributed by atoms with Crippen molar-refractivity contribution in [3.63, 3.8) is 0 Å². The van der Waals surface area contributed by atoms with Crippen LogP contribution in [0.4, 0.5) is 0 Å². The molecule has 2 aromatic rings. The number of carbonyl (C=O) groups excluding carboxylic acids is 2. The highest BCUT2D eigenvalue weighted by atomic mass is 16.5. The Morgan fingerprint density at radius 3 is 2.07 bits per heavy atom. The van der Waals surface area contributed by atoms with Gasteiger partial charge in [-0.3, -0.25) is 0 Å². The lowest BCUT2D eigenvalue weighted by Gasteiger charge is -2.59. The summed E-state index contributed by atoms with van der Waals surface area (Å²) in [4.78, 5) is 26.6. The SMILES string of the molecule is CC(C)CCC[C@H](C)[C@H]1CC[C@H]2[C@@H]3[C@H](OC(=O)c4ccccc4)C=C4C[C@@H](OC(=O)c5ccccc5)CC[C@]4(C)[C@H]3CC[C@]12C. The Morgan fingerprint density at radius 2 is 1.42 bits per heavy atom. The molecule has 0 spiro atoms. The lowest BCUT2D eigenvalue weighted by Crippen LogP contribution is -2.55. The molecule has 4 nitrogen and oxygen atoms in total. The molecular weight excluding hydrogens is 556 g/mol. The van der Waals surface area contributed by atoms with E-state index in [0.717, 1.165) is 37.0 Å². The third-order valence-electron chi connectivity index (χ3n) is 12.8. The summed E-state index contributed by atoms with van der Waals surface area (Å²) < 4.78 is 12.6. The van der Waals surface area contributed by atoms with Gasteiger partial charge in [0.05, 0.1) is 11.1 Å². The van der Waals surface area contributed by atoms with E-state index in [2.05, 4.69) is 40.7 Å². The zero-order chi connectivity index (χ0) is 31.8. The van der Waals surface area contributed by atoms with Gasteiger partial charge in [-0.25, -0.2) is 9.59 Å². The quantitative estimate of drug-likeness (QED) is 0.209. The Morgan fingerprint density at radius 1 is 0.778 bits per heavy atom. The van der Waals surface area contributed by atoms with Crippen molar-refractivity contribution in [3.05, 3.63) is 83.4 Å². The van der Waals surface area contributed by atoms with Gasteiger partial charge in [0.25, 0.3) is 0 Å². The molecule has 0 aromatic heterocycles. The molecule has 0 heterocycles. The summed E-state index contributed by atoms with van der Waals surface area (Å²) in [6.07, 6.45) is 13.4. The maximum atomic E-state index is 13.6. The molecule has 3 saturated carbocycles. The minimum Gasteiger partial charge on any atom is -0.458 e. The van der Waals surface area contributed by atoms with E-state index in [9.17, 15) is 9.59 Å². The van der Waals surface area contributed by atoms with E-state index in [-0.39, 0.29) is 35.0 Å². The summed E-state index contributed by atoms with van der Waals surface area (Å²) in [5.41, 5.74) is 2.85. The first-order valence-electron chi connectivity index (χ1n) is 17.8. The third kappa shape index (κ3) is 6.28. The Bertz CT molecular complexity index is 1360. The number of ether oxygens (including phenoxy) is 2. The lowest BCUT2D eigenvalue weighted by molar-refractivity contribution is -0.102. The van der Waals surface area contributed by atoms with Crippen LogP contribution in [-0.2, 0) is 9.47 Å². The zero-order valence-corrected chi connectivity index (χ0v) is 28.2. The number of hydrogen-bond donors (Lipinski definition) is 0. The predicted octanol–water partition coefficient (Wildman–Crippen LogP) is 10.1. The molecule has 0 aliphatic heterocycles. The summed E-state index contributed by atoms with van der Waals surface area (Å²) in [5, 5.41) is 0. The monoisotopic (exact) mass is 610 g/mol. The third-order valence-corrected chi connectivity index (χ3v) is 12.8. The average Bonchev–Trinajstić information content (AvgIpc) is 3.39. The predicted molar refractivity (Wildman–Crippen MR) is 180 cm³/mol. The van der Waals surface area contributed by atoms with Crippen molar-refractivity contribution in [2.45, 2.75) is 111 Å². The Kier molecular flexibility index (Phi) is 9.33. The van der Waals surface area contributed by atoms with E-state index in [1.54, 1.807) is 0 Å². The van der Waals surface area contributed by atoms with Crippen LogP contribution in [0, 0.1) is 46.3 Å². The minimum absolute atomic E-state index is 0.0400. The number of fused-ring (bicyclic) bond motifs is 5. The van der Waals surface area contributed by atoms with Crippen molar-refractivity contribution >= 4 is 11.9 Å². The van der Waals surface area contributed by atoms with Crippen LogP contribution in [0.2, 0.25) is 0 Å². The standard InChI is InChI=1S/C41H54O4/c1-27(2)13-12-14-28(3)33-19-20-34-37-35(22-24-41(33,34)5)40(4)23-21-32(44-38(42)29-15-8-6-9-16-29)25-31(40)26-36(37)45-39(43)30-17-10-7-11-18-30/h6-11,15-18,26-28,32-37H,12-14,19-25H2,1-5H3/t28-,32-,33+,34-,35-,36+,37-,40-,41+/m0/s1. The van der Waals surface area contributed by atoms with E-state index < -0.39 is 0 Å². The lowest BCUT2D eigenvalue weighted by atomic mass is 9.46. The van der Waals surface area contributed by atoms with Gasteiger partial charge in [-0.05, 0) is 109 Å². The van der Waals surface area contributed by atoms with Crippen LogP contribution in [0.15, 0.2) is 72.3 Å². The van der Waals surface area contributed by atoms with Gasteiger partial charge in [0.15, 0.2) is 0 Å². The van der Waals surface area contributed by atoms with Crippen LogP contribution in [0.1, 0.15) is 120 Å². The van der Waals surface area contributed by atoms with Gasteiger partial charge < -0.3 is 9.47 Å². The molecule has 242 valence electrons. The average molecular weight is 611 g/mol. The van der Waals surface area contributed by atoms with Crippen LogP contribution in [0.3, 0.4) is 0 Å². The first-order valence-corrected chi connectivity index (χ1v) is 17.8. The van der Waals surface area contributed by atoms with E-state index in [1.165, 1.54) is 50.5 Å². The van der Waals surface area contributed by atoms with Crippen molar-refractivity contribution in [2.24, 2.45) is 46.3 Å². The maximum absolute atomic E-state index is 13.6. The number of carbonyl (C=O) groups is 2. The second-order valence-electron chi connectivity index (χ2n) is 15.8. The van der Waals surface area contributed by atoms with E-state index in [1.807, 2.05) is 60.7 Å². The van der Waals surface area contributed by atoms with E-state index in [0.29, 0.717) is 28.9 Å². The normalized spacial score (nSPS) is 34.6. The fourth-order valence-corrected chi connectivity index (χ4v) is 10.4. The molecule has 45 heavy (non-hydrogen) atoms. The summed E-state index contributed by atoms with van der Waals surface area (Å²) in [6.45, 7) is 12.2. The van der Waals surface area contributed by atoms with Crippen molar-refractivity contribution in [1.29, 1.82) is 0 Å². The summed E-state index contributed by atoms with van der Waals surface area (Å²) >= 11 is 0. The summed E-state index contributed by atoms with van der Waals surface area (Å²) in [7, 11) is 0. The molecule has 0 saturated heterocycles. The largest absolute Gasteiger partial charge is 0.458 e. The first-order chi connectivity index (χ1) is 21.6. The van der Waals surface area contributed by atoms with Crippen LogP contribution in [0.5, 0.6) is 0 Å². The highest BCUT2D eigenvalue weighted by Gasteiger charge is 2.62. The van der Waals surface area contributed by atoms with Gasteiger partial charge in [0.1, 0.15) is 12.2 Å². The van der Waals surface area contributed by atoms with Gasteiger partial charge in [-0.2, -0.15) is 0 Å². The fraction of sp³-hybridized carbons (Fsp3) is 0.610.